The number of nitrogens with zero attached hydrogens (tertiary/aromatic N) is 4. The molecule has 0 fully saturated rings. The number of amides is 2. The number of anilines is 2. The Labute approximate surface area is 178 Å². The van der Waals surface area contributed by atoms with Crippen LogP contribution >= 0.6 is 0 Å². The van der Waals surface area contributed by atoms with E-state index in [1.54, 1.807) is 16.9 Å². The van der Waals surface area contributed by atoms with Crippen molar-refractivity contribution in [1.82, 2.24) is 19.4 Å². The Kier molecular flexibility index (Phi) is 7.90. The van der Waals surface area contributed by atoms with Crippen molar-refractivity contribution < 1.29 is 17.6 Å². The SMILES string of the molecule is CCc1cc(NC(=O)NS(=O)(=O)N(CCN(C)C)c2cnn(C(C)C)c2)c(CC)o1. The van der Waals surface area contributed by atoms with Crippen LogP contribution < -0.4 is 14.3 Å². The molecule has 0 atom stereocenters. The molecule has 0 radical (unpaired) electrons. The van der Waals surface area contributed by atoms with Crippen molar-refractivity contribution in [1.29, 1.82) is 0 Å². The number of aromatic nitrogens is 2. The molecule has 0 spiro atoms. The minimum atomic E-state index is -4.16. The first-order valence-corrected chi connectivity index (χ1v) is 11.4. The van der Waals surface area contributed by atoms with E-state index < -0.39 is 16.2 Å². The van der Waals surface area contributed by atoms with Crippen LogP contribution in [0.5, 0.6) is 0 Å². The van der Waals surface area contributed by atoms with Crippen molar-refractivity contribution >= 4 is 27.6 Å². The lowest BCUT2D eigenvalue weighted by Crippen LogP contribution is -2.47. The molecule has 168 valence electrons. The lowest BCUT2D eigenvalue weighted by Gasteiger charge is -2.24. The maximum absolute atomic E-state index is 13.0. The Hall–Kier alpha value is -2.53. The van der Waals surface area contributed by atoms with Gasteiger partial charge in [0, 0.05) is 44.2 Å². The van der Waals surface area contributed by atoms with E-state index in [2.05, 4.69) is 15.1 Å². The van der Waals surface area contributed by atoms with E-state index in [0.717, 1.165) is 10.1 Å². The highest BCUT2D eigenvalue weighted by Crippen LogP contribution is 2.23. The van der Waals surface area contributed by atoms with Crippen LogP contribution in [0.15, 0.2) is 22.9 Å². The van der Waals surface area contributed by atoms with Crippen LogP contribution in [0.25, 0.3) is 0 Å². The van der Waals surface area contributed by atoms with Gasteiger partial charge < -0.3 is 14.6 Å². The van der Waals surface area contributed by atoms with E-state index in [-0.39, 0.29) is 12.6 Å². The van der Waals surface area contributed by atoms with E-state index in [9.17, 15) is 13.2 Å². The molecule has 0 bridgehead atoms. The van der Waals surface area contributed by atoms with Gasteiger partial charge in [0.05, 0.1) is 17.6 Å². The zero-order valence-corrected chi connectivity index (χ0v) is 19.3. The summed E-state index contributed by atoms with van der Waals surface area (Å²) >= 11 is 0. The fourth-order valence-corrected chi connectivity index (χ4v) is 3.85. The molecule has 0 aromatic carbocycles. The number of aryl methyl sites for hydroxylation is 2. The van der Waals surface area contributed by atoms with Crippen LogP contribution in [-0.4, -0.2) is 56.3 Å². The van der Waals surface area contributed by atoms with Crippen molar-refractivity contribution in [2.45, 2.75) is 46.6 Å². The van der Waals surface area contributed by atoms with Crippen molar-refractivity contribution in [3.8, 4) is 0 Å². The van der Waals surface area contributed by atoms with Crippen LogP contribution in [0.3, 0.4) is 0 Å². The zero-order valence-electron chi connectivity index (χ0n) is 18.5. The number of furan rings is 1. The highest BCUT2D eigenvalue weighted by molar-refractivity contribution is 7.91. The number of carbonyl (C=O) groups is 1. The minimum Gasteiger partial charge on any atom is -0.464 e. The molecule has 0 saturated carbocycles. The molecule has 2 aromatic heterocycles. The van der Waals surface area contributed by atoms with Crippen LogP contribution in [-0.2, 0) is 23.1 Å². The fraction of sp³-hybridized carbons (Fsp3) is 0.579. The summed E-state index contributed by atoms with van der Waals surface area (Å²) in [5, 5.41) is 6.80. The van der Waals surface area contributed by atoms with Crippen LogP contribution in [0, 0.1) is 0 Å². The smallest absolute Gasteiger partial charge is 0.334 e. The Balaban J connectivity index is 2.22. The van der Waals surface area contributed by atoms with Gasteiger partial charge >= 0.3 is 16.2 Å². The molecule has 2 heterocycles. The Morgan fingerprint density at radius 3 is 2.47 bits per heavy atom. The van der Waals surface area contributed by atoms with E-state index in [1.807, 2.05) is 46.7 Å². The summed E-state index contributed by atoms with van der Waals surface area (Å²) in [7, 11) is -0.468. The van der Waals surface area contributed by atoms with Crippen molar-refractivity contribution in [3.63, 3.8) is 0 Å². The molecule has 2 amide bonds. The van der Waals surface area contributed by atoms with E-state index in [1.165, 1.54) is 6.20 Å². The summed E-state index contributed by atoms with van der Waals surface area (Å²) in [6.45, 7) is 8.35. The third-order valence-corrected chi connectivity index (χ3v) is 5.86. The first kappa shape index (κ1) is 23.7. The van der Waals surface area contributed by atoms with E-state index >= 15 is 0 Å². The summed E-state index contributed by atoms with van der Waals surface area (Å²) < 4.78 is 36.6. The average molecular weight is 441 g/mol. The number of urea groups is 1. The van der Waals surface area contributed by atoms with Gasteiger partial charge in [-0.1, -0.05) is 13.8 Å². The number of carbonyl (C=O) groups excluding carboxylic acids is 1. The first-order valence-electron chi connectivity index (χ1n) is 9.99. The summed E-state index contributed by atoms with van der Waals surface area (Å²) in [5.74, 6) is 1.32. The summed E-state index contributed by atoms with van der Waals surface area (Å²) in [6, 6.07) is 0.940. The molecule has 0 unspecified atom stereocenters. The van der Waals surface area contributed by atoms with Crippen molar-refractivity contribution in [2.75, 3.05) is 36.8 Å². The highest BCUT2D eigenvalue weighted by Gasteiger charge is 2.27. The first-order chi connectivity index (χ1) is 14.1. The molecule has 0 aliphatic heterocycles. The number of hydrogen-bond donors (Lipinski definition) is 2. The van der Waals surface area contributed by atoms with Gasteiger partial charge in [-0.3, -0.25) is 4.68 Å². The van der Waals surface area contributed by atoms with Gasteiger partial charge in [0.25, 0.3) is 0 Å². The molecular formula is C19H32N6O4S. The van der Waals surface area contributed by atoms with Crippen molar-refractivity contribution in [2.24, 2.45) is 0 Å². The van der Waals surface area contributed by atoms with Crippen LogP contribution in [0.2, 0.25) is 0 Å². The van der Waals surface area contributed by atoms with Gasteiger partial charge in [0.15, 0.2) is 0 Å². The molecule has 11 heteroatoms. The largest absolute Gasteiger partial charge is 0.464 e. The molecule has 2 aromatic rings. The minimum absolute atomic E-state index is 0.0785. The molecule has 0 aliphatic carbocycles. The number of likely N-dealkylation sites (N-methyl/N-ethyl adjacent to an activating group) is 1. The molecule has 2 rings (SSSR count). The van der Waals surface area contributed by atoms with Crippen molar-refractivity contribution in [3.05, 3.63) is 30.0 Å². The normalized spacial score (nSPS) is 11.9. The predicted octanol–water partition coefficient (Wildman–Crippen LogP) is 2.62. The third kappa shape index (κ3) is 5.99. The fourth-order valence-electron chi connectivity index (χ4n) is 2.76. The number of rotatable bonds is 10. The predicted molar refractivity (Wildman–Crippen MR) is 117 cm³/mol. The number of hydrogen-bond acceptors (Lipinski definition) is 6. The zero-order chi connectivity index (χ0) is 22.5. The Bertz CT molecular complexity index is 948. The third-order valence-electron chi connectivity index (χ3n) is 4.44. The van der Waals surface area contributed by atoms with E-state index in [4.69, 9.17) is 4.42 Å². The second-order valence-corrected chi connectivity index (χ2v) is 9.06. The monoisotopic (exact) mass is 440 g/mol. The van der Waals surface area contributed by atoms with Gasteiger partial charge in [-0.25, -0.2) is 13.8 Å². The molecule has 2 N–H and O–H groups in total. The quantitative estimate of drug-likeness (QED) is 0.587. The molecular weight excluding hydrogens is 408 g/mol. The molecule has 0 aliphatic rings. The summed E-state index contributed by atoms with van der Waals surface area (Å²) in [4.78, 5) is 14.3. The second-order valence-electron chi connectivity index (χ2n) is 7.47. The highest BCUT2D eigenvalue weighted by atomic mass is 32.2. The van der Waals surface area contributed by atoms with Gasteiger partial charge in [-0.15, -0.1) is 0 Å². The summed E-state index contributed by atoms with van der Waals surface area (Å²) in [5.41, 5.74) is 0.853. The van der Waals surface area contributed by atoms with Crippen LogP contribution in [0.1, 0.15) is 45.3 Å². The summed E-state index contributed by atoms with van der Waals surface area (Å²) in [6.07, 6.45) is 4.38. The van der Waals surface area contributed by atoms with Gasteiger partial charge in [0.2, 0.25) is 0 Å². The lowest BCUT2D eigenvalue weighted by atomic mass is 10.3. The second kappa shape index (κ2) is 9.98. The lowest BCUT2D eigenvalue weighted by molar-refractivity contribution is 0.256. The number of nitrogens with one attached hydrogen (secondary N) is 2. The van der Waals surface area contributed by atoms with E-state index in [0.29, 0.717) is 36.5 Å². The Morgan fingerprint density at radius 1 is 1.23 bits per heavy atom. The van der Waals surface area contributed by atoms with Crippen LogP contribution in [0.4, 0.5) is 16.2 Å². The molecule has 10 nitrogen and oxygen atoms in total. The van der Waals surface area contributed by atoms with Gasteiger partial charge in [-0.05, 0) is 27.9 Å². The molecule has 0 saturated heterocycles. The average Bonchev–Trinajstić information content (AvgIpc) is 3.27. The maximum Gasteiger partial charge on any atom is 0.334 e. The van der Waals surface area contributed by atoms with Gasteiger partial charge in [-0.2, -0.15) is 13.5 Å². The Morgan fingerprint density at radius 2 is 1.93 bits per heavy atom. The molecule has 30 heavy (non-hydrogen) atoms. The topological polar surface area (TPSA) is 113 Å². The van der Waals surface area contributed by atoms with Gasteiger partial charge in [0.1, 0.15) is 11.5 Å². The standard InChI is InChI=1S/C19H32N6O4S/c1-7-16-11-17(18(8-2)29-16)21-19(26)22-30(27,28)25(10-9-23(5)6)15-12-20-24(13-15)14(3)4/h11-14H,7-10H2,1-6H3,(H2,21,22,26). The maximum atomic E-state index is 13.0.